The van der Waals surface area contributed by atoms with Gasteiger partial charge in [-0.1, -0.05) is 109 Å². The van der Waals surface area contributed by atoms with Gasteiger partial charge in [0.05, 0.1) is 1.37 Å². The maximum absolute atomic E-state index is 7.95. The van der Waals surface area contributed by atoms with Gasteiger partial charge in [-0.25, -0.2) is 0 Å². The largest absolute Gasteiger partial charge is 0.456 e. The second-order valence-electron chi connectivity index (χ2n) is 8.41. The Balaban J connectivity index is 1.69. The zero-order valence-electron chi connectivity index (χ0n) is 18.9. The van der Waals surface area contributed by atoms with Gasteiger partial charge < -0.3 is 4.42 Å². The maximum Gasteiger partial charge on any atom is 0.136 e. The van der Waals surface area contributed by atoms with Crippen LogP contribution >= 0.6 is 0 Å². The first-order chi connectivity index (χ1) is 16.8. The Labute approximate surface area is 192 Å². The predicted molar refractivity (Wildman–Crippen MR) is 140 cm³/mol. The third-order valence-electron chi connectivity index (χ3n) is 6.61. The van der Waals surface area contributed by atoms with Crippen molar-refractivity contribution in [3.8, 4) is 22.3 Å². The first-order valence-electron chi connectivity index (χ1n) is 11.7. The molecule has 0 aliphatic carbocycles. The fourth-order valence-electron chi connectivity index (χ4n) is 5.27. The van der Waals surface area contributed by atoms with E-state index >= 15 is 0 Å². The number of hydrogen-bond acceptors (Lipinski definition) is 1. The Morgan fingerprint density at radius 2 is 1.00 bits per heavy atom. The van der Waals surface area contributed by atoms with E-state index in [9.17, 15) is 0 Å². The summed E-state index contributed by atoms with van der Waals surface area (Å²) in [5.74, 6) is 0. The van der Waals surface area contributed by atoms with Crippen molar-refractivity contribution in [3.05, 3.63) is 121 Å². The van der Waals surface area contributed by atoms with E-state index in [1.807, 2.05) is 24.3 Å². The molecule has 154 valence electrons. The van der Waals surface area contributed by atoms with Crippen LogP contribution in [-0.4, -0.2) is 0 Å². The van der Waals surface area contributed by atoms with E-state index in [0.717, 1.165) is 27.5 Å². The van der Waals surface area contributed by atoms with Crippen LogP contribution in [0.15, 0.2) is 126 Å². The predicted octanol–water partition coefficient (Wildman–Crippen LogP) is 9.23. The summed E-state index contributed by atoms with van der Waals surface area (Å²) in [6.45, 7) is 0. The van der Waals surface area contributed by atoms with E-state index in [4.69, 9.17) is 5.79 Å². The number of furan rings is 1. The summed E-state index contributed by atoms with van der Waals surface area (Å²) in [7, 11) is 0. The maximum atomic E-state index is 7.95. The average Bonchev–Trinajstić information content (AvgIpc) is 3.27. The first-order valence-corrected chi connectivity index (χ1v) is 11.2. The van der Waals surface area contributed by atoms with E-state index in [1.54, 1.807) is 0 Å². The van der Waals surface area contributed by atoms with Crippen molar-refractivity contribution in [1.29, 1.82) is 0 Å². The van der Waals surface area contributed by atoms with Gasteiger partial charge in [0, 0.05) is 10.8 Å². The molecule has 0 aliphatic heterocycles. The summed E-state index contributed by atoms with van der Waals surface area (Å²) in [6, 6.07) is 40.3. The van der Waals surface area contributed by atoms with E-state index in [-0.39, 0.29) is 0 Å². The molecule has 0 saturated heterocycles. The van der Waals surface area contributed by atoms with Crippen LogP contribution in [0.4, 0.5) is 0 Å². The Hall–Kier alpha value is -4.36. The number of para-hydroxylation sites is 1. The molecule has 0 unspecified atom stereocenters. The van der Waals surface area contributed by atoms with Crippen LogP contribution in [0.1, 0.15) is 1.37 Å². The van der Waals surface area contributed by atoms with Crippen LogP contribution in [-0.2, 0) is 0 Å². The van der Waals surface area contributed by atoms with Crippen LogP contribution < -0.4 is 0 Å². The van der Waals surface area contributed by atoms with Gasteiger partial charge in [-0.2, -0.15) is 0 Å². The van der Waals surface area contributed by atoms with Gasteiger partial charge in [0.2, 0.25) is 0 Å². The second-order valence-corrected chi connectivity index (χ2v) is 8.41. The fraction of sp³-hybridized carbons (Fsp3) is 0. The summed E-state index contributed by atoms with van der Waals surface area (Å²) in [5.41, 5.74) is 6.56. The summed E-state index contributed by atoms with van der Waals surface area (Å²) in [4.78, 5) is 0. The molecule has 1 aromatic heterocycles. The topological polar surface area (TPSA) is 13.1 Å². The lowest BCUT2D eigenvalue weighted by molar-refractivity contribution is 0.669. The third kappa shape index (κ3) is 2.66. The molecule has 6 aromatic carbocycles. The van der Waals surface area contributed by atoms with Crippen molar-refractivity contribution in [1.82, 2.24) is 0 Å². The van der Waals surface area contributed by atoms with Gasteiger partial charge in [-0.05, 0) is 55.9 Å². The van der Waals surface area contributed by atoms with Crippen LogP contribution in [0, 0.1) is 0 Å². The van der Waals surface area contributed by atoms with Crippen molar-refractivity contribution < 1.29 is 5.79 Å². The van der Waals surface area contributed by atoms with Gasteiger partial charge in [-0.15, -0.1) is 0 Å². The molecule has 33 heavy (non-hydrogen) atoms. The highest BCUT2D eigenvalue weighted by Gasteiger charge is 2.19. The second kappa shape index (κ2) is 7.08. The molecular weight excluding hydrogens is 400 g/mol. The molecule has 0 spiro atoms. The monoisotopic (exact) mass is 421 g/mol. The van der Waals surface area contributed by atoms with E-state index < -0.39 is 0 Å². The van der Waals surface area contributed by atoms with Gasteiger partial charge >= 0.3 is 0 Å². The van der Waals surface area contributed by atoms with E-state index in [2.05, 4.69) is 91.0 Å². The van der Waals surface area contributed by atoms with Crippen LogP contribution in [0.2, 0.25) is 0 Å². The zero-order chi connectivity index (χ0) is 22.6. The Morgan fingerprint density at radius 3 is 1.67 bits per heavy atom. The summed E-state index contributed by atoms with van der Waals surface area (Å²) in [5, 5.41) is 7.13. The summed E-state index contributed by atoms with van der Waals surface area (Å²) < 4.78 is 14.2. The van der Waals surface area contributed by atoms with Gasteiger partial charge in [0.15, 0.2) is 0 Å². The SMILES string of the molecule is [2H]c1ccc(-c2c3ccccc3c(-c3cccc4oc5ccccc5c34)c3ccccc23)cc1. The smallest absolute Gasteiger partial charge is 0.136 e. The van der Waals surface area contributed by atoms with Crippen LogP contribution in [0.3, 0.4) is 0 Å². The van der Waals surface area contributed by atoms with Gasteiger partial charge in [-0.3, -0.25) is 0 Å². The average molecular weight is 422 g/mol. The summed E-state index contributed by atoms with van der Waals surface area (Å²) in [6.07, 6.45) is 0. The van der Waals surface area contributed by atoms with E-state index in [1.165, 1.54) is 38.2 Å². The third-order valence-corrected chi connectivity index (χ3v) is 6.61. The quantitative estimate of drug-likeness (QED) is 0.254. The van der Waals surface area contributed by atoms with E-state index in [0.29, 0.717) is 6.04 Å². The van der Waals surface area contributed by atoms with Crippen LogP contribution in [0.5, 0.6) is 0 Å². The molecule has 0 radical (unpaired) electrons. The van der Waals surface area contributed by atoms with Crippen molar-refractivity contribution in [2.75, 3.05) is 0 Å². The van der Waals surface area contributed by atoms with Crippen molar-refractivity contribution in [2.45, 2.75) is 0 Å². The zero-order valence-corrected chi connectivity index (χ0v) is 17.9. The molecule has 0 aliphatic rings. The molecule has 0 N–H and O–H groups in total. The lowest BCUT2D eigenvalue weighted by atomic mass is 9.85. The molecular formula is C32H20O. The Kier molecular flexibility index (Phi) is 3.70. The minimum atomic E-state index is 0.521. The molecule has 1 nitrogen and oxygen atoms in total. The van der Waals surface area contributed by atoms with Gasteiger partial charge in [0.1, 0.15) is 11.2 Å². The number of benzene rings is 6. The highest BCUT2D eigenvalue weighted by molar-refractivity contribution is 6.25. The van der Waals surface area contributed by atoms with Gasteiger partial charge in [0.25, 0.3) is 0 Å². The van der Waals surface area contributed by atoms with Crippen molar-refractivity contribution in [3.63, 3.8) is 0 Å². The normalized spacial score (nSPS) is 12.1. The highest BCUT2D eigenvalue weighted by atomic mass is 16.3. The fourth-order valence-corrected chi connectivity index (χ4v) is 5.27. The van der Waals surface area contributed by atoms with Crippen molar-refractivity contribution >= 4 is 43.5 Å². The lowest BCUT2D eigenvalue weighted by Gasteiger charge is -2.18. The molecule has 0 fully saturated rings. The Bertz CT molecular complexity index is 1800. The molecule has 0 bridgehead atoms. The highest BCUT2D eigenvalue weighted by Crippen LogP contribution is 2.46. The summed E-state index contributed by atoms with van der Waals surface area (Å²) >= 11 is 0. The van der Waals surface area contributed by atoms with Crippen molar-refractivity contribution in [2.24, 2.45) is 0 Å². The molecule has 0 saturated carbocycles. The minimum absolute atomic E-state index is 0.521. The first kappa shape index (κ1) is 17.2. The molecule has 7 aromatic rings. The number of hydrogen-bond donors (Lipinski definition) is 0. The number of rotatable bonds is 2. The molecule has 1 heteroatoms. The van der Waals surface area contributed by atoms with Crippen LogP contribution in [0.25, 0.3) is 65.7 Å². The molecule has 0 amide bonds. The standard InChI is InChI=1S/C32H20O/c1-2-11-21(12-3-1)30-22-13-4-6-15-24(22)31(25-16-7-5-14-23(25)30)27-18-10-20-29-32(27)26-17-8-9-19-28(26)33-29/h1-20H/i1D. The number of fused-ring (bicyclic) bond motifs is 5. The molecule has 7 rings (SSSR count). The molecule has 1 heterocycles. The minimum Gasteiger partial charge on any atom is -0.456 e. The Morgan fingerprint density at radius 1 is 0.455 bits per heavy atom. The lowest BCUT2D eigenvalue weighted by Crippen LogP contribution is -1.91. The molecule has 0 atom stereocenters.